The molecule has 0 fully saturated rings. The lowest BCUT2D eigenvalue weighted by atomic mass is 10.2. The van der Waals surface area contributed by atoms with Gasteiger partial charge in [-0.2, -0.15) is 0 Å². The zero-order valence-electron chi connectivity index (χ0n) is 12.2. The summed E-state index contributed by atoms with van der Waals surface area (Å²) >= 11 is 0. The largest absolute Gasteiger partial charge is 0.385 e. The Morgan fingerprint density at radius 3 is 2.62 bits per heavy atom. The maximum Gasteiger partial charge on any atom is 0.151 e. The van der Waals surface area contributed by atoms with E-state index in [1.54, 1.807) is 6.07 Å². The van der Waals surface area contributed by atoms with E-state index in [4.69, 9.17) is 0 Å². The Bertz CT molecular complexity index is 760. The summed E-state index contributed by atoms with van der Waals surface area (Å²) in [7, 11) is 1.93. The molecule has 0 bridgehead atoms. The van der Waals surface area contributed by atoms with Gasteiger partial charge in [0.25, 0.3) is 0 Å². The number of benzene rings is 2. The summed E-state index contributed by atoms with van der Waals surface area (Å²) in [6.07, 6.45) is 0.749. The Hall–Kier alpha value is -2.36. The van der Waals surface area contributed by atoms with E-state index in [1.165, 1.54) is 11.6 Å². The molecule has 0 saturated carbocycles. The summed E-state index contributed by atoms with van der Waals surface area (Å²) in [5.74, 6) is 0.621. The van der Waals surface area contributed by atoms with Gasteiger partial charge in [-0.1, -0.05) is 23.8 Å². The summed E-state index contributed by atoms with van der Waals surface area (Å²) in [6.45, 7) is 2.83. The molecule has 2 aromatic carbocycles. The molecule has 0 atom stereocenters. The third kappa shape index (κ3) is 2.75. The maximum atomic E-state index is 13.7. The highest BCUT2D eigenvalue weighted by Gasteiger charge is 2.10. The summed E-state index contributed by atoms with van der Waals surface area (Å²) in [5.41, 5.74) is 3.61. The highest BCUT2D eigenvalue weighted by Crippen LogP contribution is 2.18. The van der Waals surface area contributed by atoms with E-state index < -0.39 is 0 Å². The molecule has 1 N–H and O–H groups in total. The number of anilines is 1. The van der Waals surface area contributed by atoms with Crippen LogP contribution in [0.15, 0.2) is 42.5 Å². The molecule has 3 aromatic rings. The highest BCUT2D eigenvalue weighted by atomic mass is 19.1. The van der Waals surface area contributed by atoms with Gasteiger partial charge in [-0.15, -0.1) is 0 Å². The van der Waals surface area contributed by atoms with E-state index in [9.17, 15) is 4.39 Å². The number of halogens is 1. The molecule has 1 aromatic heterocycles. The first-order valence-corrected chi connectivity index (χ1v) is 7.05. The number of rotatable bonds is 4. The minimum Gasteiger partial charge on any atom is -0.385 e. The lowest BCUT2D eigenvalue weighted by Crippen LogP contribution is -2.08. The number of hydrogen-bond donors (Lipinski definition) is 1. The minimum atomic E-state index is -0.263. The molecule has 21 heavy (non-hydrogen) atoms. The number of fused-ring (bicyclic) bond motifs is 1. The second kappa shape index (κ2) is 5.56. The molecule has 3 rings (SSSR count). The number of imidazole rings is 1. The number of nitrogens with one attached hydrogen (secondary N) is 1. The molecule has 0 amide bonds. The molecule has 0 radical (unpaired) electrons. The van der Waals surface area contributed by atoms with E-state index in [-0.39, 0.29) is 5.82 Å². The Balaban J connectivity index is 1.72. The van der Waals surface area contributed by atoms with Gasteiger partial charge in [-0.05, 0) is 31.2 Å². The molecule has 0 saturated heterocycles. The zero-order chi connectivity index (χ0) is 14.8. The van der Waals surface area contributed by atoms with Crippen molar-refractivity contribution in [3.8, 4) is 0 Å². The van der Waals surface area contributed by atoms with Crippen molar-refractivity contribution in [2.24, 2.45) is 7.05 Å². The van der Waals surface area contributed by atoms with Gasteiger partial charge in [0.1, 0.15) is 11.3 Å². The van der Waals surface area contributed by atoms with E-state index in [0.717, 1.165) is 30.0 Å². The molecule has 0 aliphatic heterocycles. The van der Waals surface area contributed by atoms with Crippen LogP contribution in [0.1, 0.15) is 11.4 Å². The highest BCUT2D eigenvalue weighted by molar-refractivity contribution is 5.76. The van der Waals surface area contributed by atoms with Crippen LogP contribution in [0.4, 0.5) is 10.1 Å². The summed E-state index contributed by atoms with van der Waals surface area (Å²) in [4.78, 5) is 4.41. The molecule has 0 aliphatic rings. The third-order valence-electron chi connectivity index (χ3n) is 3.68. The van der Waals surface area contributed by atoms with Crippen LogP contribution in [0.5, 0.6) is 0 Å². The number of nitrogens with zero attached hydrogens (tertiary/aromatic N) is 2. The van der Waals surface area contributed by atoms with E-state index in [2.05, 4.69) is 41.5 Å². The number of aromatic nitrogens is 2. The topological polar surface area (TPSA) is 29.9 Å². The summed E-state index contributed by atoms with van der Waals surface area (Å²) in [6, 6.07) is 13.3. The fourth-order valence-electron chi connectivity index (χ4n) is 2.44. The smallest absolute Gasteiger partial charge is 0.151 e. The van der Waals surface area contributed by atoms with Crippen LogP contribution >= 0.6 is 0 Å². The van der Waals surface area contributed by atoms with Crippen LogP contribution in [-0.2, 0) is 13.5 Å². The molecule has 0 spiro atoms. The van der Waals surface area contributed by atoms with Crippen LogP contribution in [0.25, 0.3) is 11.0 Å². The lowest BCUT2D eigenvalue weighted by Gasteiger charge is -2.07. The fraction of sp³-hybridized carbons (Fsp3) is 0.235. The van der Waals surface area contributed by atoms with Crippen molar-refractivity contribution >= 4 is 16.7 Å². The van der Waals surface area contributed by atoms with Gasteiger partial charge in [0.05, 0.1) is 5.52 Å². The molecular formula is C17H18FN3. The molecule has 0 unspecified atom stereocenters. The maximum absolute atomic E-state index is 13.7. The van der Waals surface area contributed by atoms with E-state index in [0.29, 0.717) is 5.52 Å². The quantitative estimate of drug-likeness (QED) is 0.791. The van der Waals surface area contributed by atoms with Gasteiger partial charge in [0, 0.05) is 25.7 Å². The van der Waals surface area contributed by atoms with Crippen molar-refractivity contribution in [3.05, 3.63) is 59.7 Å². The third-order valence-corrected chi connectivity index (χ3v) is 3.68. The summed E-state index contributed by atoms with van der Waals surface area (Å²) < 4.78 is 15.7. The molecule has 3 nitrogen and oxygen atoms in total. The van der Waals surface area contributed by atoms with Crippen molar-refractivity contribution < 1.29 is 4.39 Å². The second-order valence-electron chi connectivity index (χ2n) is 5.24. The van der Waals surface area contributed by atoms with Gasteiger partial charge in [-0.3, -0.25) is 0 Å². The van der Waals surface area contributed by atoms with E-state index >= 15 is 0 Å². The normalized spacial score (nSPS) is 11.0. The first-order valence-electron chi connectivity index (χ1n) is 7.05. The van der Waals surface area contributed by atoms with Crippen LogP contribution in [-0.4, -0.2) is 16.1 Å². The lowest BCUT2D eigenvalue weighted by molar-refractivity contribution is 0.637. The monoisotopic (exact) mass is 283 g/mol. The second-order valence-corrected chi connectivity index (χ2v) is 5.24. The predicted octanol–water partition coefficient (Wildman–Crippen LogP) is 3.68. The molecule has 1 heterocycles. The average Bonchev–Trinajstić information content (AvgIpc) is 2.80. The van der Waals surface area contributed by atoms with Gasteiger partial charge in [0.2, 0.25) is 0 Å². The zero-order valence-corrected chi connectivity index (χ0v) is 12.2. The first kappa shape index (κ1) is 13.6. The standard InChI is InChI=1S/C17H18FN3/c1-12-6-8-13(9-7-12)19-11-10-16-20-17-14(18)4-3-5-15(17)21(16)2/h3-9,19H,10-11H2,1-2H3. The number of para-hydroxylation sites is 1. The van der Waals surface area contributed by atoms with Crippen LogP contribution in [0.2, 0.25) is 0 Å². The Morgan fingerprint density at radius 2 is 1.90 bits per heavy atom. The van der Waals surface area contributed by atoms with Gasteiger partial charge >= 0.3 is 0 Å². The van der Waals surface area contributed by atoms with Crippen molar-refractivity contribution in [3.63, 3.8) is 0 Å². The van der Waals surface area contributed by atoms with Crippen LogP contribution in [0, 0.1) is 12.7 Å². The molecule has 4 heteroatoms. The SMILES string of the molecule is Cc1ccc(NCCc2nc3c(F)cccc3n2C)cc1. The Kier molecular flexibility index (Phi) is 3.60. The molecule has 0 aliphatic carbocycles. The Labute approximate surface area is 123 Å². The van der Waals surface area contributed by atoms with Gasteiger partial charge in [-0.25, -0.2) is 9.37 Å². The van der Waals surface area contributed by atoms with Gasteiger partial charge in [0.15, 0.2) is 5.82 Å². The minimum absolute atomic E-state index is 0.263. The van der Waals surface area contributed by atoms with Crippen LogP contribution in [0.3, 0.4) is 0 Å². The molecular weight excluding hydrogens is 265 g/mol. The van der Waals surface area contributed by atoms with Crippen LogP contribution < -0.4 is 5.32 Å². The Morgan fingerprint density at radius 1 is 1.14 bits per heavy atom. The number of hydrogen-bond acceptors (Lipinski definition) is 2. The number of aryl methyl sites for hydroxylation is 2. The average molecular weight is 283 g/mol. The van der Waals surface area contributed by atoms with Crippen molar-refractivity contribution in [1.29, 1.82) is 0 Å². The van der Waals surface area contributed by atoms with Crippen molar-refractivity contribution in [2.45, 2.75) is 13.3 Å². The van der Waals surface area contributed by atoms with Crippen molar-refractivity contribution in [2.75, 3.05) is 11.9 Å². The fourth-order valence-corrected chi connectivity index (χ4v) is 2.44. The predicted molar refractivity (Wildman–Crippen MR) is 84.0 cm³/mol. The summed E-state index contributed by atoms with van der Waals surface area (Å²) in [5, 5.41) is 3.36. The first-order chi connectivity index (χ1) is 10.1. The molecule has 108 valence electrons. The van der Waals surface area contributed by atoms with E-state index in [1.807, 2.05) is 17.7 Å². The van der Waals surface area contributed by atoms with Crippen molar-refractivity contribution in [1.82, 2.24) is 9.55 Å². The van der Waals surface area contributed by atoms with Gasteiger partial charge < -0.3 is 9.88 Å².